The van der Waals surface area contributed by atoms with Crippen molar-refractivity contribution in [1.82, 2.24) is 14.9 Å². The molecular weight excluding hydrogens is 322 g/mol. The second-order valence-electron chi connectivity index (χ2n) is 6.89. The highest BCUT2D eigenvalue weighted by atomic mass is 32.1. The Morgan fingerprint density at radius 2 is 2.12 bits per heavy atom. The standard InChI is InChI=1S/C18H25N3O2S/c1-11-5-4-9-21(10-8-11)15(22)7-6-14-19-17(23)16-12(2)13(3)24-18(16)20-14/h11H,4-10H2,1-3H3,(H,19,20,23)/t11-/m0/s1. The normalized spacial score (nSPS) is 18.8. The Bertz CT molecular complexity index is 808. The number of likely N-dealkylation sites (tertiary alicyclic amines) is 1. The van der Waals surface area contributed by atoms with Crippen molar-refractivity contribution in [1.29, 1.82) is 0 Å². The highest BCUT2D eigenvalue weighted by Gasteiger charge is 2.19. The predicted octanol–water partition coefficient (Wildman–Crippen LogP) is 3.18. The highest BCUT2D eigenvalue weighted by Crippen LogP contribution is 2.25. The van der Waals surface area contributed by atoms with Gasteiger partial charge in [-0.3, -0.25) is 9.59 Å². The van der Waals surface area contributed by atoms with Crippen LogP contribution in [0.15, 0.2) is 4.79 Å². The maximum absolute atomic E-state index is 12.4. The zero-order valence-electron chi connectivity index (χ0n) is 14.6. The minimum Gasteiger partial charge on any atom is -0.343 e. The van der Waals surface area contributed by atoms with E-state index < -0.39 is 0 Å². The summed E-state index contributed by atoms with van der Waals surface area (Å²) < 4.78 is 0. The Morgan fingerprint density at radius 3 is 2.92 bits per heavy atom. The molecular formula is C18H25N3O2S. The Kier molecular flexibility index (Phi) is 5.04. The fraction of sp³-hybridized carbons (Fsp3) is 0.611. The first-order valence-corrected chi connectivity index (χ1v) is 9.54. The number of nitrogens with zero attached hydrogens (tertiary/aromatic N) is 2. The lowest BCUT2D eigenvalue weighted by molar-refractivity contribution is -0.131. The molecule has 130 valence electrons. The number of aromatic amines is 1. The Hall–Kier alpha value is -1.69. The molecule has 0 spiro atoms. The molecule has 1 aliphatic heterocycles. The van der Waals surface area contributed by atoms with Crippen LogP contribution in [0.3, 0.4) is 0 Å². The van der Waals surface area contributed by atoms with Gasteiger partial charge < -0.3 is 9.88 Å². The van der Waals surface area contributed by atoms with Crippen LogP contribution in [-0.4, -0.2) is 33.9 Å². The molecule has 1 amide bonds. The Balaban J connectivity index is 1.69. The van der Waals surface area contributed by atoms with Gasteiger partial charge in [-0.2, -0.15) is 0 Å². The molecule has 0 saturated carbocycles. The molecule has 2 aromatic heterocycles. The lowest BCUT2D eigenvalue weighted by atomic mass is 10.0. The minimum atomic E-state index is -0.0899. The Labute approximate surface area is 146 Å². The van der Waals surface area contributed by atoms with Gasteiger partial charge in [0.25, 0.3) is 5.56 Å². The van der Waals surface area contributed by atoms with Crippen molar-refractivity contribution in [3.63, 3.8) is 0 Å². The summed E-state index contributed by atoms with van der Waals surface area (Å²) in [6.45, 7) is 7.92. The quantitative estimate of drug-likeness (QED) is 0.927. The first-order chi connectivity index (χ1) is 11.5. The number of hydrogen-bond donors (Lipinski definition) is 1. The van der Waals surface area contributed by atoms with Crippen molar-refractivity contribution in [2.75, 3.05) is 13.1 Å². The highest BCUT2D eigenvalue weighted by molar-refractivity contribution is 7.18. The molecule has 5 nitrogen and oxygen atoms in total. The second-order valence-corrected chi connectivity index (χ2v) is 8.10. The van der Waals surface area contributed by atoms with Crippen LogP contribution in [0.2, 0.25) is 0 Å². The molecule has 1 fully saturated rings. The maximum Gasteiger partial charge on any atom is 0.259 e. The topological polar surface area (TPSA) is 66.1 Å². The molecule has 0 aliphatic carbocycles. The van der Waals surface area contributed by atoms with Gasteiger partial charge in [-0.25, -0.2) is 4.98 Å². The van der Waals surface area contributed by atoms with Crippen LogP contribution in [0.1, 0.15) is 48.9 Å². The van der Waals surface area contributed by atoms with E-state index in [-0.39, 0.29) is 11.5 Å². The minimum absolute atomic E-state index is 0.0899. The molecule has 3 rings (SSSR count). The van der Waals surface area contributed by atoms with Gasteiger partial charge in [0.1, 0.15) is 10.7 Å². The summed E-state index contributed by atoms with van der Waals surface area (Å²) in [6.07, 6.45) is 4.27. The van der Waals surface area contributed by atoms with Gasteiger partial charge >= 0.3 is 0 Å². The number of carbonyl (C=O) groups excluding carboxylic acids is 1. The van der Waals surface area contributed by atoms with Crippen molar-refractivity contribution in [2.45, 2.75) is 52.9 Å². The molecule has 6 heteroatoms. The van der Waals surface area contributed by atoms with E-state index in [0.29, 0.717) is 30.0 Å². The summed E-state index contributed by atoms with van der Waals surface area (Å²) in [5, 5.41) is 0.689. The van der Waals surface area contributed by atoms with E-state index in [1.54, 1.807) is 11.3 Å². The third kappa shape index (κ3) is 3.53. The monoisotopic (exact) mass is 347 g/mol. The van der Waals surface area contributed by atoms with E-state index in [1.165, 1.54) is 6.42 Å². The van der Waals surface area contributed by atoms with E-state index in [1.807, 2.05) is 18.7 Å². The molecule has 2 aromatic rings. The number of amides is 1. The predicted molar refractivity (Wildman–Crippen MR) is 97.6 cm³/mol. The third-order valence-corrected chi connectivity index (χ3v) is 6.13. The van der Waals surface area contributed by atoms with Crippen LogP contribution >= 0.6 is 11.3 Å². The fourth-order valence-corrected chi connectivity index (χ4v) is 4.36. The average molecular weight is 347 g/mol. The van der Waals surface area contributed by atoms with Crippen molar-refractivity contribution >= 4 is 27.5 Å². The summed E-state index contributed by atoms with van der Waals surface area (Å²) in [7, 11) is 0. The van der Waals surface area contributed by atoms with Crippen molar-refractivity contribution in [3.05, 3.63) is 26.6 Å². The zero-order valence-corrected chi connectivity index (χ0v) is 15.5. The molecule has 1 atom stereocenters. The number of aromatic nitrogens is 2. The van der Waals surface area contributed by atoms with Gasteiger partial charge in [0.05, 0.1) is 5.39 Å². The molecule has 0 radical (unpaired) electrons. The summed E-state index contributed by atoms with van der Waals surface area (Å²) in [6, 6.07) is 0. The van der Waals surface area contributed by atoms with Crippen molar-refractivity contribution in [2.24, 2.45) is 5.92 Å². The first kappa shape index (κ1) is 17.1. The van der Waals surface area contributed by atoms with E-state index >= 15 is 0 Å². The summed E-state index contributed by atoms with van der Waals surface area (Å²) in [5.41, 5.74) is 0.915. The number of hydrogen-bond acceptors (Lipinski definition) is 4. The van der Waals surface area contributed by atoms with Crippen molar-refractivity contribution in [3.8, 4) is 0 Å². The first-order valence-electron chi connectivity index (χ1n) is 8.72. The van der Waals surface area contributed by atoms with Gasteiger partial charge in [-0.15, -0.1) is 11.3 Å². The number of carbonyl (C=O) groups is 1. The largest absolute Gasteiger partial charge is 0.343 e. The van der Waals surface area contributed by atoms with Crippen LogP contribution in [0, 0.1) is 19.8 Å². The zero-order chi connectivity index (χ0) is 17.3. The lowest BCUT2D eigenvalue weighted by Gasteiger charge is -2.20. The van der Waals surface area contributed by atoms with Crippen LogP contribution < -0.4 is 5.56 Å². The molecule has 0 bridgehead atoms. The van der Waals surface area contributed by atoms with Crippen LogP contribution in [-0.2, 0) is 11.2 Å². The molecule has 0 aromatic carbocycles. The molecule has 1 N–H and O–H groups in total. The molecule has 24 heavy (non-hydrogen) atoms. The number of thiophene rings is 1. The summed E-state index contributed by atoms with van der Waals surface area (Å²) >= 11 is 1.55. The van der Waals surface area contributed by atoms with Gasteiger partial charge in [0, 0.05) is 30.8 Å². The van der Waals surface area contributed by atoms with Gasteiger partial charge in [0.15, 0.2) is 0 Å². The van der Waals surface area contributed by atoms with Crippen molar-refractivity contribution < 1.29 is 4.79 Å². The van der Waals surface area contributed by atoms with Gasteiger partial charge in [0.2, 0.25) is 5.91 Å². The Morgan fingerprint density at radius 1 is 1.33 bits per heavy atom. The lowest BCUT2D eigenvalue weighted by Crippen LogP contribution is -2.32. The molecule has 3 heterocycles. The second kappa shape index (κ2) is 7.05. The van der Waals surface area contributed by atoms with Crippen LogP contribution in [0.5, 0.6) is 0 Å². The van der Waals surface area contributed by atoms with E-state index in [2.05, 4.69) is 16.9 Å². The molecule has 1 aliphatic rings. The maximum atomic E-state index is 12.4. The van der Waals surface area contributed by atoms with Gasteiger partial charge in [-0.1, -0.05) is 6.92 Å². The molecule has 1 saturated heterocycles. The number of aryl methyl sites for hydroxylation is 3. The smallest absolute Gasteiger partial charge is 0.259 e. The van der Waals surface area contributed by atoms with Crippen LogP contribution in [0.4, 0.5) is 0 Å². The molecule has 0 unspecified atom stereocenters. The number of nitrogens with one attached hydrogen (secondary N) is 1. The van der Waals surface area contributed by atoms with Crippen LogP contribution in [0.25, 0.3) is 10.2 Å². The summed E-state index contributed by atoms with van der Waals surface area (Å²) in [5.74, 6) is 1.49. The SMILES string of the molecule is Cc1sc2nc(CCC(=O)N3CCC[C@H](C)CC3)[nH]c(=O)c2c1C. The fourth-order valence-electron chi connectivity index (χ4n) is 3.31. The number of rotatable bonds is 3. The number of H-pyrrole nitrogens is 1. The van der Waals surface area contributed by atoms with E-state index in [9.17, 15) is 9.59 Å². The third-order valence-electron chi connectivity index (χ3n) is 5.03. The van der Waals surface area contributed by atoms with Gasteiger partial charge in [-0.05, 0) is 44.6 Å². The van der Waals surface area contributed by atoms with E-state index in [4.69, 9.17) is 0 Å². The summed E-state index contributed by atoms with van der Waals surface area (Å²) in [4.78, 5) is 36.0. The van der Waals surface area contributed by atoms with E-state index in [0.717, 1.165) is 41.2 Å². The average Bonchev–Trinajstić information content (AvgIpc) is 2.71. The number of fused-ring (bicyclic) bond motifs is 1.